The zero-order valence-electron chi connectivity index (χ0n) is 11.1. The lowest BCUT2D eigenvalue weighted by Crippen LogP contribution is -2.37. The Hall–Kier alpha value is -0.430. The van der Waals surface area contributed by atoms with E-state index >= 15 is 0 Å². The van der Waals surface area contributed by atoms with E-state index in [4.69, 9.17) is 5.11 Å². The van der Waals surface area contributed by atoms with Crippen molar-refractivity contribution in [2.24, 2.45) is 5.92 Å². The number of aliphatic hydroxyl groups is 1. The van der Waals surface area contributed by atoms with Gasteiger partial charge < -0.3 is 5.11 Å². The predicted octanol–water partition coefficient (Wildman–Crippen LogP) is 2.49. The molecular formula is C13H21NO3S2. The van der Waals surface area contributed by atoms with Gasteiger partial charge in [-0.25, -0.2) is 13.1 Å². The van der Waals surface area contributed by atoms with Crippen LogP contribution < -0.4 is 4.72 Å². The number of nitrogens with one attached hydrogen (secondary N) is 1. The van der Waals surface area contributed by atoms with E-state index in [1.165, 1.54) is 17.8 Å². The summed E-state index contributed by atoms with van der Waals surface area (Å²) in [5.41, 5.74) is 0. The third-order valence-electron chi connectivity index (χ3n) is 3.88. The molecular weight excluding hydrogens is 282 g/mol. The lowest BCUT2D eigenvalue weighted by Gasteiger charge is -2.28. The molecule has 0 radical (unpaired) electrons. The number of thiophene rings is 1. The van der Waals surface area contributed by atoms with Crippen molar-refractivity contribution in [2.75, 3.05) is 0 Å². The Kier molecular flexibility index (Phi) is 5.00. The summed E-state index contributed by atoms with van der Waals surface area (Å²) in [6.07, 6.45) is 5.20. The monoisotopic (exact) mass is 303 g/mol. The second-order valence-corrected chi connectivity index (χ2v) is 7.80. The molecule has 4 nitrogen and oxygen atoms in total. The summed E-state index contributed by atoms with van der Waals surface area (Å²) in [7, 11) is -3.48. The molecule has 0 bridgehead atoms. The predicted molar refractivity (Wildman–Crippen MR) is 76.6 cm³/mol. The lowest BCUT2D eigenvalue weighted by molar-refractivity contribution is 0.282. The van der Waals surface area contributed by atoms with Gasteiger partial charge in [-0.05, 0) is 43.0 Å². The number of hydrogen-bond acceptors (Lipinski definition) is 4. The third-order valence-corrected chi connectivity index (χ3v) is 6.52. The van der Waals surface area contributed by atoms with Crippen LogP contribution in [0, 0.1) is 5.92 Å². The zero-order chi connectivity index (χ0) is 13.9. The van der Waals surface area contributed by atoms with Gasteiger partial charge in [0.15, 0.2) is 0 Å². The molecule has 0 spiro atoms. The average molecular weight is 303 g/mol. The Morgan fingerprint density at radius 2 is 2.05 bits per heavy atom. The van der Waals surface area contributed by atoms with Crippen LogP contribution in [0.4, 0.5) is 0 Å². The highest BCUT2D eigenvalue weighted by molar-refractivity contribution is 7.89. The molecule has 0 unspecified atom stereocenters. The highest BCUT2D eigenvalue weighted by Crippen LogP contribution is 2.28. The SMILES string of the molecule is CCC1CCC(NS(=O)(=O)c2ccsc2CO)CC1. The molecule has 0 saturated heterocycles. The van der Waals surface area contributed by atoms with Crippen molar-refractivity contribution in [3.8, 4) is 0 Å². The summed E-state index contributed by atoms with van der Waals surface area (Å²) in [5, 5.41) is 10.9. The minimum absolute atomic E-state index is 0.0410. The maximum atomic E-state index is 12.3. The van der Waals surface area contributed by atoms with Gasteiger partial charge in [0.05, 0.1) is 11.5 Å². The summed E-state index contributed by atoms with van der Waals surface area (Å²) in [5.74, 6) is 0.745. The van der Waals surface area contributed by atoms with Crippen LogP contribution in [0.1, 0.15) is 43.9 Å². The molecule has 2 rings (SSSR count). The van der Waals surface area contributed by atoms with Gasteiger partial charge in [-0.1, -0.05) is 13.3 Å². The van der Waals surface area contributed by atoms with Crippen LogP contribution in [0.3, 0.4) is 0 Å². The van der Waals surface area contributed by atoms with Crippen LogP contribution >= 0.6 is 11.3 Å². The Morgan fingerprint density at radius 1 is 1.37 bits per heavy atom. The van der Waals surface area contributed by atoms with Crippen molar-refractivity contribution in [1.82, 2.24) is 4.72 Å². The molecule has 0 aromatic carbocycles. The van der Waals surface area contributed by atoms with Gasteiger partial charge in [-0.15, -0.1) is 11.3 Å². The Balaban J connectivity index is 2.02. The van der Waals surface area contributed by atoms with E-state index in [1.807, 2.05) is 0 Å². The normalized spacial score (nSPS) is 24.5. The molecule has 1 fully saturated rings. The van der Waals surface area contributed by atoms with Gasteiger partial charge in [0, 0.05) is 10.9 Å². The maximum absolute atomic E-state index is 12.3. The smallest absolute Gasteiger partial charge is 0.242 e. The van der Waals surface area contributed by atoms with Crippen molar-refractivity contribution in [3.05, 3.63) is 16.3 Å². The molecule has 1 aliphatic carbocycles. The van der Waals surface area contributed by atoms with Crippen LogP contribution in [0.5, 0.6) is 0 Å². The van der Waals surface area contributed by atoms with Crippen LogP contribution in [0.25, 0.3) is 0 Å². The average Bonchev–Trinajstić information content (AvgIpc) is 2.88. The Morgan fingerprint density at radius 3 is 2.63 bits per heavy atom. The van der Waals surface area contributed by atoms with Gasteiger partial charge in [0.25, 0.3) is 0 Å². The molecule has 1 aliphatic rings. The molecule has 0 aliphatic heterocycles. The quantitative estimate of drug-likeness (QED) is 0.878. The number of rotatable bonds is 5. The lowest BCUT2D eigenvalue weighted by atomic mass is 9.85. The van der Waals surface area contributed by atoms with Gasteiger partial charge in [0.1, 0.15) is 0 Å². The molecule has 108 valence electrons. The van der Waals surface area contributed by atoms with E-state index < -0.39 is 10.0 Å². The molecule has 0 atom stereocenters. The second-order valence-electron chi connectivity index (χ2n) is 5.11. The van der Waals surface area contributed by atoms with E-state index in [2.05, 4.69) is 11.6 Å². The molecule has 1 saturated carbocycles. The zero-order valence-corrected chi connectivity index (χ0v) is 12.8. The van der Waals surface area contributed by atoms with Crippen molar-refractivity contribution < 1.29 is 13.5 Å². The first-order chi connectivity index (χ1) is 9.06. The van der Waals surface area contributed by atoms with Crippen LogP contribution in [0.15, 0.2) is 16.3 Å². The second kappa shape index (κ2) is 6.35. The summed E-state index contributed by atoms with van der Waals surface area (Å²) < 4.78 is 27.3. The molecule has 0 amide bonds. The Bertz CT molecular complexity index is 502. The summed E-state index contributed by atoms with van der Waals surface area (Å²) in [6, 6.07) is 1.61. The number of sulfonamides is 1. The van der Waals surface area contributed by atoms with Gasteiger partial charge in [0.2, 0.25) is 10.0 Å². The van der Waals surface area contributed by atoms with Crippen LogP contribution in [-0.2, 0) is 16.6 Å². The molecule has 6 heteroatoms. The first kappa shape index (κ1) is 15.0. The van der Waals surface area contributed by atoms with Crippen molar-refractivity contribution in [3.63, 3.8) is 0 Å². The fourth-order valence-electron chi connectivity index (χ4n) is 2.66. The van der Waals surface area contributed by atoms with Crippen molar-refractivity contribution >= 4 is 21.4 Å². The topological polar surface area (TPSA) is 66.4 Å². The summed E-state index contributed by atoms with van der Waals surface area (Å²) >= 11 is 1.27. The standard InChI is InChI=1S/C13H21NO3S2/c1-2-10-3-5-11(6-4-10)14-19(16,17)13-7-8-18-12(13)9-15/h7-8,10-11,14-15H,2-6,9H2,1H3. The summed E-state index contributed by atoms with van der Waals surface area (Å²) in [6.45, 7) is 1.96. The van der Waals surface area contributed by atoms with Crippen molar-refractivity contribution in [2.45, 2.75) is 56.6 Å². The molecule has 1 heterocycles. The minimum atomic E-state index is -3.48. The van der Waals surface area contributed by atoms with E-state index in [0.717, 1.165) is 31.6 Å². The van der Waals surface area contributed by atoms with E-state index in [-0.39, 0.29) is 17.5 Å². The van der Waals surface area contributed by atoms with E-state index in [1.54, 1.807) is 11.4 Å². The van der Waals surface area contributed by atoms with Gasteiger partial charge in [-0.3, -0.25) is 0 Å². The first-order valence-corrected chi connectivity index (χ1v) is 9.12. The number of aliphatic hydroxyl groups excluding tert-OH is 1. The van der Waals surface area contributed by atoms with Crippen molar-refractivity contribution in [1.29, 1.82) is 0 Å². The molecule has 1 aromatic heterocycles. The molecule has 19 heavy (non-hydrogen) atoms. The largest absolute Gasteiger partial charge is 0.391 e. The van der Waals surface area contributed by atoms with Gasteiger partial charge in [-0.2, -0.15) is 0 Å². The fraction of sp³-hybridized carbons (Fsp3) is 0.692. The van der Waals surface area contributed by atoms with E-state index in [9.17, 15) is 8.42 Å². The van der Waals surface area contributed by atoms with Gasteiger partial charge >= 0.3 is 0 Å². The number of hydrogen-bond donors (Lipinski definition) is 2. The van der Waals surface area contributed by atoms with Crippen LogP contribution in [-0.4, -0.2) is 19.6 Å². The third kappa shape index (κ3) is 3.56. The highest BCUT2D eigenvalue weighted by Gasteiger charge is 2.26. The van der Waals surface area contributed by atoms with Crippen LogP contribution in [0.2, 0.25) is 0 Å². The molecule has 2 N–H and O–H groups in total. The summed E-state index contributed by atoms with van der Waals surface area (Å²) in [4.78, 5) is 0.743. The van der Waals surface area contributed by atoms with E-state index in [0.29, 0.717) is 4.88 Å². The minimum Gasteiger partial charge on any atom is -0.391 e. The Labute approximate surface area is 118 Å². The highest BCUT2D eigenvalue weighted by atomic mass is 32.2. The maximum Gasteiger partial charge on any atom is 0.242 e. The first-order valence-electron chi connectivity index (χ1n) is 6.76. The molecule has 1 aromatic rings. The fourth-order valence-corrected chi connectivity index (χ4v) is 5.25.